The maximum atomic E-state index is 5.83. The summed E-state index contributed by atoms with van der Waals surface area (Å²) in [7, 11) is 7.40. The average molecular weight is 171 g/mol. The van der Waals surface area contributed by atoms with Gasteiger partial charge in [-0.15, -0.1) is 0 Å². The highest BCUT2D eigenvalue weighted by Crippen LogP contribution is 2.20. The van der Waals surface area contributed by atoms with E-state index in [1.54, 1.807) is 7.11 Å². The highest BCUT2D eigenvalue weighted by Gasteiger charge is 2.18. The highest BCUT2D eigenvalue weighted by molar-refractivity contribution is 6.34. The standard InChI is InChI=1S/C10H10BNO/c1-13-12-10-6-5-7-8(10)3-2-4-9(7)11/h2-4H,5-6H2,1H3/b12-10+. The van der Waals surface area contributed by atoms with Crippen molar-refractivity contribution in [3.8, 4) is 0 Å². The van der Waals surface area contributed by atoms with Gasteiger partial charge >= 0.3 is 0 Å². The van der Waals surface area contributed by atoms with Gasteiger partial charge in [0.1, 0.15) is 15.0 Å². The van der Waals surface area contributed by atoms with Crippen molar-refractivity contribution in [2.45, 2.75) is 12.8 Å². The first kappa shape index (κ1) is 8.36. The lowest BCUT2D eigenvalue weighted by Gasteiger charge is -2.02. The predicted molar refractivity (Wildman–Crippen MR) is 53.7 cm³/mol. The minimum Gasteiger partial charge on any atom is -0.399 e. The van der Waals surface area contributed by atoms with Crippen LogP contribution < -0.4 is 5.46 Å². The number of fused-ring (bicyclic) bond motifs is 1. The summed E-state index contributed by atoms with van der Waals surface area (Å²) in [5, 5.41) is 3.97. The molecule has 0 N–H and O–H groups in total. The molecule has 0 aliphatic heterocycles. The molecule has 1 aromatic rings. The van der Waals surface area contributed by atoms with Crippen LogP contribution in [-0.4, -0.2) is 20.7 Å². The Morgan fingerprint density at radius 3 is 3.00 bits per heavy atom. The van der Waals surface area contributed by atoms with Gasteiger partial charge in [-0.3, -0.25) is 0 Å². The summed E-state index contributed by atoms with van der Waals surface area (Å²) < 4.78 is 0. The van der Waals surface area contributed by atoms with E-state index < -0.39 is 0 Å². The number of nitrogens with zero attached hydrogens (tertiary/aromatic N) is 1. The van der Waals surface area contributed by atoms with Gasteiger partial charge in [-0.2, -0.15) is 0 Å². The molecule has 13 heavy (non-hydrogen) atoms. The molecule has 1 aliphatic carbocycles. The molecule has 2 rings (SSSR count). The van der Waals surface area contributed by atoms with Crippen molar-refractivity contribution >= 4 is 19.0 Å². The first-order valence-corrected chi connectivity index (χ1v) is 4.30. The smallest absolute Gasteiger partial charge is 0.114 e. The molecule has 0 saturated heterocycles. The molecular weight excluding hydrogens is 161 g/mol. The van der Waals surface area contributed by atoms with E-state index in [2.05, 4.69) is 5.16 Å². The van der Waals surface area contributed by atoms with Gasteiger partial charge in [-0.1, -0.05) is 28.8 Å². The molecule has 0 spiro atoms. The summed E-state index contributed by atoms with van der Waals surface area (Å²) in [6.45, 7) is 0. The van der Waals surface area contributed by atoms with E-state index in [-0.39, 0.29) is 0 Å². The van der Waals surface area contributed by atoms with Gasteiger partial charge in [0.25, 0.3) is 0 Å². The molecule has 0 amide bonds. The molecule has 0 saturated carbocycles. The molecule has 0 bridgehead atoms. The van der Waals surface area contributed by atoms with Crippen molar-refractivity contribution < 1.29 is 4.84 Å². The first-order chi connectivity index (χ1) is 6.33. The maximum Gasteiger partial charge on any atom is 0.114 e. The summed E-state index contributed by atoms with van der Waals surface area (Å²) in [6.07, 6.45) is 1.90. The lowest BCUT2D eigenvalue weighted by molar-refractivity contribution is 0.213. The zero-order valence-electron chi connectivity index (χ0n) is 7.58. The zero-order valence-corrected chi connectivity index (χ0v) is 7.58. The van der Waals surface area contributed by atoms with Crippen LogP contribution in [-0.2, 0) is 11.3 Å². The van der Waals surface area contributed by atoms with Gasteiger partial charge in [0.15, 0.2) is 0 Å². The van der Waals surface area contributed by atoms with Crippen LogP contribution in [0.3, 0.4) is 0 Å². The summed E-state index contributed by atoms with van der Waals surface area (Å²) in [6, 6.07) is 5.91. The van der Waals surface area contributed by atoms with Crippen LogP contribution in [0.5, 0.6) is 0 Å². The second kappa shape index (κ2) is 3.25. The molecule has 0 unspecified atom stereocenters. The Labute approximate surface area is 79.0 Å². The Hall–Kier alpha value is -1.25. The Morgan fingerprint density at radius 2 is 2.23 bits per heavy atom. The van der Waals surface area contributed by atoms with E-state index in [1.165, 1.54) is 5.56 Å². The molecule has 0 fully saturated rings. The molecule has 3 heteroatoms. The summed E-state index contributed by atoms with van der Waals surface area (Å²) in [5.41, 5.74) is 4.21. The SMILES string of the molecule is [B]c1cccc2c1CC/C2=N\OC. The molecule has 2 radical (unpaired) electrons. The number of rotatable bonds is 1. The third kappa shape index (κ3) is 1.35. The Kier molecular flexibility index (Phi) is 2.09. The molecule has 1 aromatic carbocycles. The van der Waals surface area contributed by atoms with Crippen molar-refractivity contribution in [3.63, 3.8) is 0 Å². The average Bonchev–Trinajstić information content (AvgIpc) is 2.51. The summed E-state index contributed by atoms with van der Waals surface area (Å²) in [5.74, 6) is 0. The van der Waals surface area contributed by atoms with Gasteiger partial charge in [0, 0.05) is 5.56 Å². The molecule has 0 atom stereocenters. The number of benzene rings is 1. The maximum absolute atomic E-state index is 5.83. The predicted octanol–water partition coefficient (Wildman–Crippen LogP) is 0.777. The second-order valence-corrected chi connectivity index (χ2v) is 3.09. The largest absolute Gasteiger partial charge is 0.399 e. The van der Waals surface area contributed by atoms with Gasteiger partial charge in [-0.05, 0) is 18.4 Å². The van der Waals surface area contributed by atoms with E-state index in [0.717, 1.165) is 29.6 Å². The minimum absolute atomic E-state index is 0.860. The van der Waals surface area contributed by atoms with Crippen LogP contribution in [0, 0.1) is 0 Å². The third-order valence-electron chi connectivity index (χ3n) is 2.34. The molecule has 2 nitrogen and oxygen atoms in total. The quantitative estimate of drug-likeness (QED) is 0.451. The van der Waals surface area contributed by atoms with Crippen LogP contribution in [0.1, 0.15) is 17.5 Å². The molecule has 64 valence electrons. The van der Waals surface area contributed by atoms with E-state index in [1.807, 2.05) is 18.2 Å². The molecule has 1 aliphatic rings. The lowest BCUT2D eigenvalue weighted by Crippen LogP contribution is -2.09. The minimum atomic E-state index is 0.860. The molecule has 0 aromatic heterocycles. The van der Waals surface area contributed by atoms with Crippen LogP contribution in [0.2, 0.25) is 0 Å². The number of oxime groups is 1. The first-order valence-electron chi connectivity index (χ1n) is 4.30. The van der Waals surface area contributed by atoms with Crippen LogP contribution in [0.15, 0.2) is 23.4 Å². The van der Waals surface area contributed by atoms with Crippen molar-refractivity contribution in [2.24, 2.45) is 5.16 Å². The number of hydrogen-bond acceptors (Lipinski definition) is 2. The van der Waals surface area contributed by atoms with Crippen LogP contribution >= 0.6 is 0 Å². The summed E-state index contributed by atoms with van der Waals surface area (Å²) >= 11 is 0. The normalized spacial score (nSPS) is 17.5. The lowest BCUT2D eigenvalue weighted by atomic mass is 9.89. The fourth-order valence-electron chi connectivity index (χ4n) is 1.74. The van der Waals surface area contributed by atoms with Gasteiger partial charge in [-0.25, -0.2) is 0 Å². The van der Waals surface area contributed by atoms with Crippen molar-refractivity contribution in [1.82, 2.24) is 0 Å². The summed E-state index contributed by atoms with van der Waals surface area (Å²) in [4.78, 5) is 4.77. The monoisotopic (exact) mass is 171 g/mol. The van der Waals surface area contributed by atoms with E-state index in [0.29, 0.717) is 0 Å². The Morgan fingerprint density at radius 1 is 1.38 bits per heavy atom. The molecular formula is C10H10BNO. The van der Waals surface area contributed by atoms with E-state index in [4.69, 9.17) is 12.7 Å². The van der Waals surface area contributed by atoms with Crippen molar-refractivity contribution in [2.75, 3.05) is 7.11 Å². The fraction of sp³-hybridized carbons (Fsp3) is 0.300. The van der Waals surface area contributed by atoms with Gasteiger partial charge in [0.2, 0.25) is 0 Å². The van der Waals surface area contributed by atoms with Gasteiger partial charge < -0.3 is 4.84 Å². The van der Waals surface area contributed by atoms with E-state index >= 15 is 0 Å². The van der Waals surface area contributed by atoms with Gasteiger partial charge in [0.05, 0.1) is 5.71 Å². The fourth-order valence-corrected chi connectivity index (χ4v) is 1.74. The van der Waals surface area contributed by atoms with Crippen molar-refractivity contribution in [3.05, 3.63) is 29.3 Å². The van der Waals surface area contributed by atoms with Crippen LogP contribution in [0.25, 0.3) is 0 Å². The topological polar surface area (TPSA) is 21.6 Å². The zero-order chi connectivity index (χ0) is 9.26. The number of hydrogen-bond donors (Lipinski definition) is 0. The second-order valence-electron chi connectivity index (χ2n) is 3.09. The molecule has 0 heterocycles. The van der Waals surface area contributed by atoms with E-state index in [9.17, 15) is 0 Å². The van der Waals surface area contributed by atoms with Crippen molar-refractivity contribution in [1.29, 1.82) is 0 Å². The highest BCUT2D eigenvalue weighted by atomic mass is 16.6. The van der Waals surface area contributed by atoms with Crippen LogP contribution in [0.4, 0.5) is 0 Å². The third-order valence-corrected chi connectivity index (χ3v) is 2.34. The Balaban J connectivity index is 2.49. The Bertz CT molecular complexity index is 360.